The molecule has 3 nitrogen and oxygen atoms in total. The largest absolute Gasteiger partial charge is 0.333 e. The van der Waals surface area contributed by atoms with Crippen molar-refractivity contribution in [1.82, 2.24) is 14.9 Å². The van der Waals surface area contributed by atoms with E-state index in [-0.39, 0.29) is 5.41 Å². The number of imidazole rings is 1. The fraction of sp³-hybridized carbons (Fsp3) is 0.471. The third-order valence-electron chi connectivity index (χ3n) is 3.50. The Bertz CT molecular complexity index is 532. The van der Waals surface area contributed by atoms with Crippen LogP contribution in [0.5, 0.6) is 0 Å². The van der Waals surface area contributed by atoms with Gasteiger partial charge >= 0.3 is 0 Å². The summed E-state index contributed by atoms with van der Waals surface area (Å²) in [6.07, 6.45) is 5.03. The summed E-state index contributed by atoms with van der Waals surface area (Å²) in [5.74, 6) is 0. The molecule has 0 amide bonds. The van der Waals surface area contributed by atoms with Crippen LogP contribution in [0.2, 0.25) is 0 Å². The lowest BCUT2D eigenvalue weighted by molar-refractivity contribution is 0.589. The van der Waals surface area contributed by atoms with Crippen LogP contribution in [0.1, 0.15) is 37.6 Å². The number of hydrogen-bond donors (Lipinski definition) is 1. The predicted molar refractivity (Wildman–Crippen MR) is 84.1 cm³/mol. The van der Waals surface area contributed by atoms with Crippen LogP contribution in [-0.2, 0) is 18.4 Å². The number of likely N-dealkylation sites (N-methyl/N-ethyl adjacent to an activating group) is 1. The Morgan fingerprint density at radius 1 is 1.15 bits per heavy atom. The van der Waals surface area contributed by atoms with Crippen LogP contribution in [0.15, 0.2) is 36.8 Å². The Labute approximate surface area is 122 Å². The summed E-state index contributed by atoms with van der Waals surface area (Å²) in [7, 11) is 1.97. The lowest BCUT2D eigenvalue weighted by Gasteiger charge is -2.19. The van der Waals surface area contributed by atoms with E-state index in [1.165, 1.54) is 11.1 Å². The van der Waals surface area contributed by atoms with Gasteiger partial charge in [-0.2, -0.15) is 0 Å². The number of benzene rings is 1. The summed E-state index contributed by atoms with van der Waals surface area (Å²) in [5, 5.41) is 3.15. The SMILES string of the molecule is CNCCc1cn(Cc2ccc(C(C)(C)C)cc2)cn1. The highest BCUT2D eigenvalue weighted by Crippen LogP contribution is 2.22. The Balaban J connectivity index is 2.01. The molecule has 1 aromatic heterocycles. The maximum Gasteiger partial charge on any atom is 0.0952 e. The summed E-state index contributed by atoms with van der Waals surface area (Å²) < 4.78 is 2.15. The zero-order valence-electron chi connectivity index (χ0n) is 13.0. The monoisotopic (exact) mass is 271 g/mol. The van der Waals surface area contributed by atoms with Crippen molar-refractivity contribution in [2.45, 2.75) is 39.2 Å². The molecule has 0 radical (unpaired) electrons. The number of hydrogen-bond acceptors (Lipinski definition) is 2. The third kappa shape index (κ3) is 3.94. The van der Waals surface area contributed by atoms with Gasteiger partial charge in [0.2, 0.25) is 0 Å². The van der Waals surface area contributed by atoms with Crippen LogP contribution in [0.25, 0.3) is 0 Å². The fourth-order valence-electron chi connectivity index (χ4n) is 2.20. The molecule has 0 aliphatic heterocycles. The maximum absolute atomic E-state index is 4.43. The van der Waals surface area contributed by atoms with Gasteiger partial charge in [-0.05, 0) is 23.6 Å². The Morgan fingerprint density at radius 3 is 2.45 bits per heavy atom. The summed E-state index contributed by atoms with van der Waals surface area (Å²) in [6, 6.07) is 8.89. The summed E-state index contributed by atoms with van der Waals surface area (Å²) in [4.78, 5) is 4.43. The predicted octanol–water partition coefficient (Wildman–Crippen LogP) is 2.99. The van der Waals surface area contributed by atoms with Gasteiger partial charge in [-0.1, -0.05) is 45.0 Å². The first-order chi connectivity index (χ1) is 9.49. The van der Waals surface area contributed by atoms with Gasteiger partial charge in [0, 0.05) is 25.7 Å². The van der Waals surface area contributed by atoms with E-state index in [1.807, 2.05) is 13.4 Å². The average Bonchev–Trinajstić information content (AvgIpc) is 2.83. The zero-order valence-corrected chi connectivity index (χ0v) is 13.0. The Morgan fingerprint density at radius 2 is 1.85 bits per heavy atom. The van der Waals surface area contributed by atoms with Gasteiger partial charge in [-0.25, -0.2) is 4.98 Å². The zero-order chi connectivity index (χ0) is 14.6. The molecule has 0 saturated carbocycles. The van der Waals surface area contributed by atoms with Crippen LogP contribution >= 0.6 is 0 Å². The molecule has 20 heavy (non-hydrogen) atoms. The third-order valence-corrected chi connectivity index (χ3v) is 3.50. The van der Waals surface area contributed by atoms with Gasteiger partial charge in [-0.3, -0.25) is 0 Å². The summed E-state index contributed by atoms with van der Waals surface area (Å²) in [6.45, 7) is 8.58. The highest BCUT2D eigenvalue weighted by atomic mass is 15.0. The normalized spacial score (nSPS) is 11.8. The van der Waals surface area contributed by atoms with Gasteiger partial charge in [0.25, 0.3) is 0 Å². The van der Waals surface area contributed by atoms with Crippen molar-refractivity contribution in [3.8, 4) is 0 Å². The first-order valence-corrected chi connectivity index (χ1v) is 7.24. The molecular formula is C17H25N3. The van der Waals surface area contributed by atoms with E-state index in [1.54, 1.807) is 0 Å². The van der Waals surface area contributed by atoms with Crippen LogP contribution in [-0.4, -0.2) is 23.1 Å². The highest BCUT2D eigenvalue weighted by Gasteiger charge is 2.12. The average molecular weight is 271 g/mol. The molecule has 0 spiro atoms. The number of rotatable bonds is 5. The molecule has 0 fully saturated rings. The van der Waals surface area contributed by atoms with Gasteiger partial charge in [-0.15, -0.1) is 0 Å². The molecule has 0 saturated heterocycles. The lowest BCUT2D eigenvalue weighted by atomic mass is 9.87. The molecule has 0 aliphatic carbocycles. The van der Waals surface area contributed by atoms with Gasteiger partial charge < -0.3 is 9.88 Å². The van der Waals surface area contributed by atoms with E-state index in [9.17, 15) is 0 Å². The molecule has 0 aliphatic rings. The number of aromatic nitrogens is 2. The van der Waals surface area contributed by atoms with E-state index < -0.39 is 0 Å². The number of nitrogens with zero attached hydrogens (tertiary/aromatic N) is 2. The number of nitrogens with one attached hydrogen (secondary N) is 1. The molecule has 0 atom stereocenters. The smallest absolute Gasteiger partial charge is 0.0952 e. The second-order valence-corrected chi connectivity index (χ2v) is 6.34. The van der Waals surface area contributed by atoms with Crippen molar-refractivity contribution >= 4 is 0 Å². The first-order valence-electron chi connectivity index (χ1n) is 7.24. The Hall–Kier alpha value is -1.61. The topological polar surface area (TPSA) is 29.9 Å². The lowest BCUT2D eigenvalue weighted by Crippen LogP contribution is -2.11. The van der Waals surface area contributed by atoms with Gasteiger partial charge in [0.1, 0.15) is 0 Å². The molecule has 2 rings (SSSR count). The molecule has 1 heterocycles. The minimum Gasteiger partial charge on any atom is -0.333 e. The van der Waals surface area contributed by atoms with E-state index in [4.69, 9.17) is 0 Å². The minimum atomic E-state index is 0.216. The second kappa shape index (κ2) is 6.23. The molecule has 2 aromatic rings. The first kappa shape index (κ1) is 14.8. The van der Waals surface area contributed by atoms with E-state index in [2.05, 4.69) is 66.1 Å². The summed E-state index contributed by atoms with van der Waals surface area (Å²) >= 11 is 0. The molecular weight excluding hydrogens is 246 g/mol. The molecule has 3 heteroatoms. The van der Waals surface area contributed by atoms with Crippen molar-refractivity contribution in [3.05, 3.63) is 53.6 Å². The van der Waals surface area contributed by atoms with Crippen LogP contribution < -0.4 is 5.32 Å². The minimum absolute atomic E-state index is 0.216. The van der Waals surface area contributed by atoms with Crippen molar-refractivity contribution in [3.63, 3.8) is 0 Å². The van der Waals surface area contributed by atoms with Crippen molar-refractivity contribution in [2.75, 3.05) is 13.6 Å². The standard InChI is InChI=1S/C17H25N3/c1-17(2,3)15-7-5-14(6-8-15)11-20-12-16(19-13-20)9-10-18-4/h5-8,12-13,18H,9-11H2,1-4H3. The highest BCUT2D eigenvalue weighted by molar-refractivity contribution is 5.27. The fourth-order valence-corrected chi connectivity index (χ4v) is 2.20. The van der Waals surface area contributed by atoms with E-state index >= 15 is 0 Å². The molecule has 108 valence electrons. The molecule has 1 aromatic carbocycles. The van der Waals surface area contributed by atoms with E-state index in [0.717, 1.165) is 25.2 Å². The second-order valence-electron chi connectivity index (χ2n) is 6.34. The molecule has 0 bridgehead atoms. The van der Waals surface area contributed by atoms with Crippen molar-refractivity contribution in [1.29, 1.82) is 0 Å². The van der Waals surface area contributed by atoms with E-state index in [0.29, 0.717) is 0 Å². The summed E-state index contributed by atoms with van der Waals surface area (Å²) in [5.41, 5.74) is 4.05. The van der Waals surface area contributed by atoms with Crippen molar-refractivity contribution in [2.24, 2.45) is 0 Å². The van der Waals surface area contributed by atoms with Gasteiger partial charge in [0.05, 0.1) is 12.0 Å². The van der Waals surface area contributed by atoms with Crippen molar-refractivity contribution < 1.29 is 0 Å². The van der Waals surface area contributed by atoms with Crippen LogP contribution in [0.4, 0.5) is 0 Å². The quantitative estimate of drug-likeness (QED) is 0.906. The Kier molecular flexibility index (Phi) is 4.61. The maximum atomic E-state index is 4.43. The molecule has 1 N–H and O–H groups in total. The van der Waals surface area contributed by atoms with Crippen LogP contribution in [0.3, 0.4) is 0 Å². The van der Waals surface area contributed by atoms with Crippen LogP contribution in [0, 0.1) is 0 Å². The molecule has 0 unspecified atom stereocenters. The van der Waals surface area contributed by atoms with Gasteiger partial charge in [0.15, 0.2) is 0 Å².